The van der Waals surface area contributed by atoms with E-state index in [0.717, 1.165) is 16.7 Å². The number of pyridine rings is 1. The van der Waals surface area contributed by atoms with Gasteiger partial charge in [0.1, 0.15) is 18.7 Å². The molecule has 1 N–H and O–H groups in total. The summed E-state index contributed by atoms with van der Waals surface area (Å²) >= 11 is 1.34. The number of ketones is 1. The Kier molecular flexibility index (Phi) is 6.02. The Morgan fingerprint density at radius 3 is 2.73 bits per heavy atom. The molecule has 0 spiro atoms. The molecule has 3 aromatic rings. The van der Waals surface area contributed by atoms with Crippen molar-refractivity contribution >= 4 is 28.9 Å². The van der Waals surface area contributed by atoms with Gasteiger partial charge in [-0.25, -0.2) is 0 Å². The number of benzene rings is 1. The number of amides is 2. The number of aromatic nitrogens is 1. The van der Waals surface area contributed by atoms with Gasteiger partial charge in [0.05, 0.1) is 11.0 Å². The van der Waals surface area contributed by atoms with Crippen molar-refractivity contribution in [1.29, 1.82) is 0 Å². The summed E-state index contributed by atoms with van der Waals surface area (Å²) in [4.78, 5) is 45.1. The molecule has 3 atom stereocenters. The predicted octanol–water partition coefficient (Wildman–Crippen LogP) is 2.72. The first-order valence-electron chi connectivity index (χ1n) is 10.9. The molecule has 2 fully saturated rings. The molecule has 8 heteroatoms. The van der Waals surface area contributed by atoms with Crippen LogP contribution in [0, 0.1) is 0 Å². The van der Waals surface area contributed by atoms with Crippen LogP contribution in [0.5, 0.6) is 0 Å². The van der Waals surface area contributed by atoms with Crippen LogP contribution in [0.2, 0.25) is 0 Å². The monoisotopic (exact) mass is 461 g/mol. The van der Waals surface area contributed by atoms with E-state index in [9.17, 15) is 14.4 Å². The van der Waals surface area contributed by atoms with Crippen LogP contribution >= 0.6 is 11.3 Å². The van der Waals surface area contributed by atoms with Crippen LogP contribution < -0.4 is 5.32 Å². The number of ether oxygens (including phenoxy) is 1. The number of nitrogens with zero attached hydrogens (tertiary/aromatic N) is 2. The maximum atomic E-state index is 13.5. The first-order chi connectivity index (χ1) is 16.1. The lowest BCUT2D eigenvalue weighted by atomic mass is 10.0. The zero-order valence-electron chi connectivity index (χ0n) is 17.8. The van der Waals surface area contributed by atoms with E-state index >= 15 is 0 Å². The van der Waals surface area contributed by atoms with Crippen molar-refractivity contribution in [2.75, 3.05) is 13.2 Å². The highest BCUT2D eigenvalue weighted by Gasteiger charge is 2.48. The Balaban J connectivity index is 1.37. The molecule has 2 aromatic heterocycles. The van der Waals surface area contributed by atoms with Gasteiger partial charge in [0, 0.05) is 25.4 Å². The van der Waals surface area contributed by atoms with Gasteiger partial charge >= 0.3 is 0 Å². The fraction of sp³-hybridized carbons (Fsp3) is 0.280. The number of hydrogen-bond donors (Lipinski definition) is 1. The number of nitrogens with one attached hydrogen (secondary N) is 1. The Labute approximate surface area is 195 Å². The normalized spacial score (nSPS) is 20.5. The Morgan fingerprint density at radius 2 is 1.94 bits per heavy atom. The summed E-state index contributed by atoms with van der Waals surface area (Å²) in [6.45, 7) is 0.484. The fourth-order valence-electron chi connectivity index (χ4n) is 4.46. The van der Waals surface area contributed by atoms with E-state index in [2.05, 4.69) is 10.3 Å². The van der Waals surface area contributed by atoms with Crippen LogP contribution in [0.15, 0.2) is 66.3 Å². The van der Waals surface area contributed by atoms with Crippen molar-refractivity contribution in [3.05, 3.63) is 76.7 Å². The van der Waals surface area contributed by atoms with Crippen LogP contribution in [0.4, 0.5) is 0 Å². The molecule has 2 aliphatic rings. The van der Waals surface area contributed by atoms with Crippen molar-refractivity contribution < 1.29 is 19.1 Å². The van der Waals surface area contributed by atoms with Crippen molar-refractivity contribution in [2.45, 2.75) is 31.0 Å². The highest BCUT2D eigenvalue weighted by molar-refractivity contribution is 7.12. The standard InChI is InChI=1S/C25H23N3O4S/c29-20-14-32-21-8-11-28(23(20)21)25(31)19(12-16-6-9-26-10-7-16)27-24(30)22-13-18(15-33-22)17-4-2-1-3-5-17/h1-7,9-10,13,15,19,21,23H,8,11-12,14H2,(H,27,30). The number of Topliss-reactive ketones (excluding diaryl/α,β-unsaturated/α-hetero) is 1. The molecule has 168 valence electrons. The van der Waals surface area contributed by atoms with Crippen LogP contribution in [0.1, 0.15) is 21.7 Å². The SMILES string of the molecule is O=C(NC(Cc1ccncc1)C(=O)N1CCC2OCC(=O)C21)c1cc(-c2ccccc2)cs1. The van der Waals surface area contributed by atoms with Gasteiger partial charge in [0.25, 0.3) is 5.91 Å². The van der Waals surface area contributed by atoms with Gasteiger partial charge in [-0.05, 0) is 46.7 Å². The molecule has 2 saturated heterocycles. The summed E-state index contributed by atoms with van der Waals surface area (Å²) in [7, 11) is 0. The second-order valence-electron chi connectivity index (χ2n) is 8.23. The lowest BCUT2D eigenvalue weighted by Gasteiger charge is -2.27. The zero-order chi connectivity index (χ0) is 22.8. The van der Waals surface area contributed by atoms with Gasteiger partial charge in [0.2, 0.25) is 5.91 Å². The van der Waals surface area contributed by atoms with E-state index in [1.807, 2.05) is 53.9 Å². The van der Waals surface area contributed by atoms with E-state index in [-0.39, 0.29) is 30.3 Å². The minimum Gasteiger partial charge on any atom is -0.368 e. The molecule has 5 rings (SSSR count). The van der Waals surface area contributed by atoms with Gasteiger partial charge < -0.3 is 15.0 Å². The van der Waals surface area contributed by atoms with E-state index < -0.39 is 12.1 Å². The maximum absolute atomic E-state index is 13.5. The molecule has 4 heterocycles. The molecular weight excluding hydrogens is 438 g/mol. The van der Waals surface area contributed by atoms with Crippen molar-refractivity contribution in [3.8, 4) is 11.1 Å². The fourth-order valence-corrected chi connectivity index (χ4v) is 5.28. The highest BCUT2D eigenvalue weighted by atomic mass is 32.1. The average Bonchev–Trinajstić information content (AvgIpc) is 3.58. The molecule has 7 nitrogen and oxygen atoms in total. The topological polar surface area (TPSA) is 88.6 Å². The summed E-state index contributed by atoms with van der Waals surface area (Å²) in [5.41, 5.74) is 2.86. The lowest BCUT2D eigenvalue weighted by molar-refractivity contribution is -0.138. The quantitative estimate of drug-likeness (QED) is 0.610. The minimum absolute atomic E-state index is 0.0396. The number of carbonyl (C=O) groups is 3. The smallest absolute Gasteiger partial charge is 0.262 e. The Hall–Kier alpha value is -3.36. The summed E-state index contributed by atoms with van der Waals surface area (Å²) in [5, 5.41) is 4.86. The maximum Gasteiger partial charge on any atom is 0.262 e. The second kappa shape index (κ2) is 9.25. The number of rotatable bonds is 6. The molecule has 2 amide bonds. The molecule has 1 aromatic carbocycles. The van der Waals surface area contributed by atoms with Gasteiger partial charge in [-0.2, -0.15) is 0 Å². The third kappa shape index (κ3) is 4.44. The van der Waals surface area contributed by atoms with Crippen molar-refractivity contribution in [1.82, 2.24) is 15.2 Å². The lowest BCUT2D eigenvalue weighted by Crippen LogP contribution is -2.53. The van der Waals surface area contributed by atoms with Crippen molar-refractivity contribution in [3.63, 3.8) is 0 Å². The molecule has 2 aliphatic heterocycles. The first kappa shape index (κ1) is 21.5. The van der Waals surface area contributed by atoms with Crippen LogP contribution in [-0.2, 0) is 20.7 Å². The molecule has 0 bridgehead atoms. The van der Waals surface area contributed by atoms with Gasteiger partial charge in [-0.3, -0.25) is 19.4 Å². The first-order valence-corrected chi connectivity index (χ1v) is 11.8. The number of hydrogen-bond acceptors (Lipinski definition) is 6. The molecule has 0 radical (unpaired) electrons. The van der Waals surface area contributed by atoms with Crippen LogP contribution in [-0.4, -0.2) is 58.8 Å². The van der Waals surface area contributed by atoms with E-state index in [0.29, 0.717) is 24.3 Å². The Bertz CT molecular complexity index is 1160. The van der Waals surface area contributed by atoms with E-state index in [1.165, 1.54) is 11.3 Å². The third-order valence-corrected chi connectivity index (χ3v) is 7.05. The predicted molar refractivity (Wildman–Crippen MR) is 124 cm³/mol. The van der Waals surface area contributed by atoms with Gasteiger partial charge in [-0.15, -0.1) is 11.3 Å². The number of likely N-dealkylation sites (tertiary alicyclic amines) is 1. The number of thiophene rings is 1. The minimum atomic E-state index is -0.797. The van der Waals surface area contributed by atoms with Crippen LogP contribution in [0.3, 0.4) is 0 Å². The molecule has 0 saturated carbocycles. The Morgan fingerprint density at radius 1 is 1.15 bits per heavy atom. The number of carbonyl (C=O) groups excluding carboxylic acids is 3. The zero-order valence-corrected chi connectivity index (χ0v) is 18.7. The summed E-state index contributed by atoms with van der Waals surface area (Å²) in [6.07, 6.45) is 4.01. The summed E-state index contributed by atoms with van der Waals surface area (Å²) in [6, 6.07) is 14.0. The largest absolute Gasteiger partial charge is 0.368 e. The third-order valence-electron chi connectivity index (χ3n) is 6.12. The van der Waals surface area contributed by atoms with Crippen molar-refractivity contribution in [2.24, 2.45) is 0 Å². The molecule has 0 aliphatic carbocycles. The van der Waals surface area contributed by atoms with E-state index in [1.54, 1.807) is 17.3 Å². The average molecular weight is 462 g/mol. The molecule has 33 heavy (non-hydrogen) atoms. The highest BCUT2D eigenvalue weighted by Crippen LogP contribution is 2.29. The van der Waals surface area contributed by atoms with Gasteiger partial charge in [0.15, 0.2) is 5.78 Å². The van der Waals surface area contributed by atoms with Crippen LogP contribution in [0.25, 0.3) is 11.1 Å². The second-order valence-corrected chi connectivity index (χ2v) is 9.14. The van der Waals surface area contributed by atoms with E-state index in [4.69, 9.17) is 4.74 Å². The van der Waals surface area contributed by atoms with Gasteiger partial charge in [-0.1, -0.05) is 30.3 Å². The summed E-state index contributed by atoms with van der Waals surface area (Å²) in [5.74, 6) is -0.642. The molecular formula is C25H23N3O4S. The number of fused-ring (bicyclic) bond motifs is 1. The molecule has 3 unspecified atom stereocenters. The summed E-state index contributed by atoms with van der Waals surface area (Å²) < 4.78 is 5.53.